The average molecular weight is 687 g/mol. The fraction of sp³-hybridized carbons (Fsp3) is 0.679. The summed E-state index contributed by atoms with van der Waals surface area (Å²) in [5, 5.41) is 12.1. The molecule has 1 aromatic rings. The zero-order valence-electron chi connectivity index (χ0n) is 25.6. The van der Waals surface area contributed by atoms with Crippen LogP contribution in [0.1, 0.15) is 76.0 Å². The van der Waals surface area contributed by atoms with E-state index in [2.05, 4.69) is 30.8 Å². The molecule has 3 aliphatic heterocycles. The molecule has 0 aromatic carbocycles. The van der Waals surface area contributed by atoms with Gasteiger partial charge >= 0.3 is 19.9 Å². The van der Waals surface area contributed by atoms with Crippen molar-refractivity contribution < 1.29 is 38.3 Å². The topological polar surface area (TPSA) is 239 Å². The second-order valence-corrected chi connectivity index (χ2v) is 14.2. The number of fused-ring (bicyclic) bond motifs is 1. The Bertz CT molecular complexity index is 1290. The van der Waals surface area contributed by atoms with Crippen molar-refractivity contribution in [2.45, 2.75) is 93.9 Å². The molecule has 4 rings (SSSR count). The Morgan fingerprint density at radius 1 is 1.11 bits per heavy atom. The molecule has 0 bridgehead atoms. The summed E-state index contributed by atoms with van der Waals surface area (Å²) in [6, 6.07) is 0.340. The van der Waals surface area contributed by atoms with Crippen molar-refractivity contribution in [2.24, 2.45) is 0 Å². The highest BCUT2D eigenvalue weighted by molar-refractivity contribution is 8.00. The first-order chi connectivity index (χ1) is 22.0. The van der Waals surface area contributed by atoms with Gasteiger partial charge in [0.15, 0.2) is 0 Å². The summed E-state index contributed by atoms with van der Waals surface area (Å²) >= 11 is 1.88. The van der Waals surface area contributed by atoms with E-state index in [0.29, 0.717) is 49.5 Å². The van der Waals surface area contributed by atoms with E-state index in [0.717, 1.165) is 37.9 Å². The van der Waals surface area contributed by atoms with Crippen LogP contribution in [-0.4, -0.2) is 91.0 Å². The summed E-state index contributed by atoms with van der Waals surface area (Å²) in [7, 11) is -4.37. The van der Waals surface area contributed by atoms with Crippen LogP contribution in [0.25, 0.3) is 6.08 Å². The number of thioether (sulfide) groups is 1. The lowest BCUT2D eigenvalue weighted by Gasteiger charge is -2.16. The van der Waals surface area contributed by atoms with E-state index >= 15 is 0 Å². The minimum atomic E-state index is -4.37. The van der Waals surface area contributed by atoms with Crippen molar-refractivity contribution in [3.63, 3.8) is 0 Å². The van der Waals surface area contributed by atoms with Crippen LogP contribution in [0.2, 0.25) is 0 Å². The van der Waals surface area contributed by atoms with Crippen LogP contribution in [0.4, 0.5) is 10.6 Å². The van der Waals surface area contributed by atoms with Crippen LogP contribution in [0.5, 0.6) is 0 Å². The number of carbonyl (C=O) groups is 3. The van der Waals surface area contributed by atoms with Crippen LogP contribution in [-0.2, 0) is 18.8 Å². The molecule has 18 heteroatoms. The lowest BCUT2D eigenvalue weighted by Crippen LogP contribution is -2.36. The third-order valence-electron chi connectivity index (χ3n) is 8.04. The van der Waals surface area contributed by atoms with E-state index in [9.17, 15) is 19.2 Å². The quantitative estimate of drug-likeness (QED) is 0.0605. The Balaban J connectivity index is 1.03. The molecule has 46 heavy (non-hydrogen) atoms. The molecule has 3 saturated heterocycles. The number of carbonyl (C=O) groups excluding carboxylic acids is 3. The van der Waals surface area contributed by atoms with Crippen molar-refractivity contribution in [1.29, 1.82) is 0 Å². The van der Waals surface area contributed by atoms with E-state index in [1.807, 2.05) is 11.8 Å². The fourth-order valence-corrected chi connectivity index (χ4v) is 7.56. The second kappa shape index (κ2) is 17.4. The standard InChI is InChI=1S/C28H44N7O9PS/c29-26-18(15-35(28(39)34-26)24-12-11-19(44-24)16-43-45(40,41)42)7-6-14-31-22(36)9-2-1-5-13-30-23(37)10-4-3-8-21-25-20(17-46-21)32-27(38)33-25/h6-7,15,19-21,24-25,40-42H,1-5,8-14,16-17H2,(H5-,29,30,31,32,33,34,36,37,38,39)/p+1/b7-6-/t19-,20?,21-,24+,25?/m0/s1. The maximum absolute atomic E-state index is 12.4. The Kier molecular flexibility index (Phi) is 13.6. The van der Waals surface area contributed by atoms with Gasteiger partial charge in [-0.05, 0) is 38.5 Å². The number of anilines is 1. The monoisotopic (exact) mass is 686 g/mol. The van der Waals surface area contributed by atoms with Gasteiger partial charge in [0.2, 0.25) is 11.8 Å². The molecule has 3 fully saturated rings. The lowest BCUT2D eigenvalue weighted by molar-refractivity contribution is -0.122. The number of nitrogen functional groups attached to an aromatic ring is 1. The number of hydrogen-bond acceptors (Lipinski definition) is 12. The summed E-state index contributed by atoms with van der Waals surface area (Å²) in [6.45, 7) is 0.600. The maximum Gasteiger partial charge on any atom is 0.567 e. The van der Waals surface area contributed by atoms with E-state index in [4.69, 9.17) is 25.2 Å². The number of hydrogen-bond donors (Lipinski definition) is 8. The van der Waals surface area contributed by atoms with Crippen molar-refractivity contribution >= 4 is 49.7 Å². The van der Waals surface area contributed by atoms with Gasteiger partial charge in [-0.1, -0.05) is 25.0 Å². The molecule has 5 atom stereocenters. The first kappa shape index (κ1) is 36.1. The zero-order chi connectivity index (χ0) is 33.1. The Morgan fingerprint density at radius 2 is 1.87 bits per heavy atom. The number of ether oxygens (including phenoxy) is 1. The summed E-state index contributed by atoms with van der Waals surface area (Å²) in [6.07, 6.45) is 10.5. The van der Waals surface area contributed by atoms with Gasteiger partial charge in [-0.3, -0.25) is 14.2 Å². The number of urea groups is 1. The number of nitrogens with two attached hydrogens (primary N) is 1. The molecule has 4 amide bonds. The van der Waals surface area contributed by atoms with Crippen molar-refractivity contribution in [1.82, 2.24) is 30.8 Å². The smallest absolute Gasteiger partial charge is 0.383 e. The van der Waals surface area contributed by atoms with Gasteiger partial charge in [0.25, 0.3) is 0 Å². The highest BCUT2D eigenvalue weighted by Gasteiger charge is 2.42. The Morgan fingerprint density at radius 3 is 2.65 bits per heavy atom. The molecule has 2 unspecified atom stereocenters. The highest BCUT2D eigenvalue weighted by atomic mass is 32.2. The van der Waals surface area contributed by atoms with Crippen molar-refractivity contribution in [3.05, 3.63) is 28.3 Å². The summed E-state index contributed by atoms with van der Waals surface area (Å²) in [5.41, 5.74) is 5.77. The molecule has 9 N–H and O–H groups in total. The molecule has 16 nitrogen and oxygen atoms in total. The molecule has 1 aromatic heterocycles. The largest absolute Gasteiger partial charge is 0.567 e. The van der Waals surface area contributed by atoms with Crippen LogP contribution < -0.4 is 32.7 Å². The molecule has 0 aliphatic carbocycles. The molecule has 3 aliphatic rings. The lowest BCUT2D eigenvalue weighted by atomic mass is 10.0. The van der Waals surface area contributed by atoms with Crippen LogP contribution in [0, 0.1) is 0 Å². The van der Waals surface area contributed by atoms with E-state index in [1.54, 1.807) is 12.2 Å². The number of nitrogens with one attached hydrogen (secondary N) is 4. The Hall–Kier alpha value is -2.79. The highest BCUT2D eigenvalue weighted by Crippen LogP contribution is 2.46. The molecule has 0 radical (unpaired) electrons. The number of nitrogens with zero attached hydrogens (tertiary/aromatic N) is 2. The van der Waals surface area contributed by atoms with Gasteiger partial charge in [0.1, 0.15) is 18.7 Å². The fourth-order valence-electron chi connectivity index (χ4n) is 5.65. The number of rotatable bonds is 18. The molecule has 256 valence electrons. The molecular weight excluding hydrogens is 641 g/mol. The first-order valence-electron chi connectivity index (χ1n) is 15.6. The van der Waals surface area contributed by atoms with Gasteiger partial charge in [0, 0.05) is 48.7 Å². The van der Waals surface area contributed by atoms with Crippen molar-refractivity contribution in [2.75, 3.05) is 31.2 Å². The summed E-state index contributed by atoms with van der Waals surface area (Å²) in [5.74, 6) is 0.909. The summed E-state index contributed by atoms with van der Waals surface area (Å²) < 4.78 is 11.6. The predicted molar refractivity (Wildman–Crippen MR) is 173 cm³/mol. The Labute approximate surface area is 271 Å². The third-order valence-corrected chi connectivity index (χ3v) is 10.0. The molecule has 0 saturated carbocycles. The normalized spacial score (nSPS) is 24.2. The van der Waals surface area contributed by atoms with E-state index in [-0.39, 0.29) is 48.9 Å². The van der Waals surface area contributed by atoms with Gasteiger partial charge in [-0.25, -0.2) is 9.59 Å². The van der Waals surface area contributed by atoms with Crippen LogP contribution >= 0.6 is 19.9 Å². The maximum atomic E-state index is 12.4. The zero-order valence-corrected chi connectivity index (χ0v) is 27.3. The minimum absolute atomic E-state index is 0.0310. The van der Waals surface area contributed by atoms with E-state index < -0.39 is 26.2 Å². The SMILES string of the molecule is Nc1nc(=O)n([C@H]2CC[C@@H](CO[P+](O)(O)O)O2)cc1/C=C\CNC(=O)CCCCCNC(=O)CCCC[C@@H]1SCC2NC(=O)NC21. The van der Waals surface area contributed by atoms with Crippen LogP contribution in [0.3, 0.4) is 0 Å². The number of amides is 4. The second-order valence-electron chi connectivity index (χ2n) is 11.6. The van der Waals surface area contributed by atoms with Gasteiger partial charge < -0.3 is 31.7 Å². The number of unbranched alkanes of at least 4 members (excludes halogenated alkanes) is 3. The van der Waals surface area contributed by atoms with E-state index in [1.165, 1.54) is 10.8 Å². The summed E-state index contributed by atoms with van der Waals surface area (Å²) in [4.78, 5) is 79.0. The third kappa shape index (κ3) is 11.5. The molecule has 0 spiro atoms. The predicted octanol–water partition coefficient (Wildman–Crippen LogP) is 0.706. The van der Waals surface area contributed by atoms with Gasteiger partial charge in [-0.2, -0.15) is 35.9 Å². The molecule has 4 heterocycles. The number of aromatic nitrogens is 2. The van der Waals surface area contributed by atoms with Crippen LogP contribution in [0.15, 0.2) is 17.1 Å². The average Bonchev–Trinajstić information content (AvgIpc) is 3.71. The minimum Gasteiger partial charge on any atom is -0.383 e. The van der Waals surface area contributed by atoms with Gasteiger partial charge in [-0.15, -0.1) is 0 Å². The van der Waals surface area contributed by atoms with Crippen molar-refractivity contribution in [3.8, 4) is 0 Å². The first-order valence-corrected chi connectivity index (χ1v) is 18.2. The molecular formula is C28H45N7O9PS+. The van der Waals surface area contributed by atoms with Gasteiger partial charge in [0.05, 0.1) is 18.2 Å².